The van der Waals surface area contributed by atoms with E-state index in [0.717, 1.165) is 29.7 Å². The van der Waals surface area contributed by atoms with Gasteiger partial charge < -0.3 is 15.0 Å². The van der Waals surface area contributed by atoms with E-state index in [-0.39, 0.29) is 0 Å². The van der Waals surface area contributed by atoms with Crippen LogP contribution in [0.2, 0.25) is 0 Å². The fourth-order valence-electron chi connectivity index (χ4n) is 2.20. The SMILES string of the molecule is Cn1c(C2(NC(=O)O)CC2)nc2ccncc21. The minimum atomic E-state index is -1.01. The lowest BCUT2D eigenvalue weighted by Crippen LogP contribution is -2.35. The molecule has 0 saturated heterocycles. The van der Waals surface area contributed by atoms with Crippen molar-refractivity contribution in [1.29, 1.82) is 0 Å². The molecular weight excluding hydrogens is 220 g/mol. The Kier molecular flexibility index (Phi) is 1.89. The van der Waals surface area contributed by atoms with Gasteiger partial charge in [0.1, 0.15) is 11.4 Å². The molecule has 1 aliphatic rings. The van der Waals surface area contributed by atoms with Crippen LogP contribution < -0.4 is 5.32 Å². The van der Waals surface area contributed by atoms with Gasteiger partial charge in [-0.15, -0.1) is 0 Å². The Morgan fingerprint density at radius 2 is 2.35 bits per heavy atom. The number of pyridine rings is 1. The molecular formula is C11H12N4O2. The number of carbonyl (C=O) groups is 1. The lowest BCUT2D eigenvalue weighted by molar-refractivity contribution is 0.187. The van der Waals surface area contributed by atoms with Gasteiger partial charge in [0.05, 0.1) is 17.2 Å². The van der Waals surface area contributed by atoms with Crippen molar-refractivity contribution in [1.82, 2.24) is 19.9 Å². The summed E-state index contributed by atoms with van der Waals surface area (Å²) in [6.45, 7) is 0. The monoisotopic (exact) mass is 232 g/mol. The van der Waals surface area contributed by atoms with Crippen LogP contribution in [-0.4, -0.2) is 25.7 Å². The molecule has 1 saturated carbocycles. The highest BCUT2D eigenvalue weighted by Gasteiger charge is 2.49. The number of nitrogens with zero attached hydrogens (tertiary/aromatic N) is 3. The van der Waals surface area contributed by atoms with E-state index in [1.165, 1.54) is 0 Å². The molecule has 1 aliphatic carbocycles. The molecule has 0 radical (unpaired) electrons. The van der Waals surface area contributed by atoms with E-state index in [0.29, 0.717) is 0 Å². The Bertz CT molecular complexity index is 601. The van der Waals surface area contributed by atoms with Gasteiger partial charge in [0.15, 0.2) is 0 Å². The van der Waals surface area contributed by atoms with E-state index in [9.17, 15) is 4.79 Å². The molecule has 3 rings (SSSR count). The largest absolute Gasteiger partial charge is 0.465 e. The van der Waals surface area contributed by atoms with Gasteiger partial charge in [0.2, 0.25) is 0 Å². The Morgan fingerprint density at radius 1 is 1.59 bits per heavy atom. The van der Waals surface area contributed by atoms with Crippen LogP contribution in [0.5, 0.6) is 0 Å². The zero-order valence-corrected chi connectivity index (χ0v) is 9.34. The third-order valence-corrected chi connectivity index (χ3v) is 3.21. The van der Waals surface area contributed by atoms with Gasteiger partial charge in [-0.05, 0) is 18.9 Å². The van der Waals surface area contributed by atoms with E-state index < -0.39 is 11.6 Å². The predicted octanol–water partition coefficient (Wildman–Crippen LogP) is 1.22. The normalized spacial score (nSPS) is 17.0. The van der Waals surface area contributed by atoms with Crippen molar-refractivity contribution >= 4 is 17.1 Å². The van der Waals surface area contributed by atoms with Crippen molar-refractivity contribution < 1.29 is 9.90 Å². The molecule has 2 heterocycles. The van der Waals surface area contributed by atoms with E-state index in [4.69, 9.17) is 5.11 Å². The number of rotatable bonds is 2. The number of carboxylic acid groups (broad SMARTS) is 1. The minimum absolute atomic E-state index is 0.500. The molecule has 0 unspecified atom stereocenters. The lowest BCUT2D eigenvalue weighted by atomic mass is 10.2. The average Bonchev–Trinajstić information content (AvgIpc) is 2.97. The maximum atomic E-state index is 10.8. The number of nitrogens with one attached hydrogen (secondary N) is 1. The fourth-order valence-corrected chi connectivity index (χ4v) is 2.20. The molecule has 0 atom stereocenters. The van der Waals surface area contributed by atoms with Gasteiger partial charge in [0.25, 0.3) is 0 Å². The molecule has 0 aliphatic heterocycles. The van der Waals surface area contributed by atoms with Crippen molar-refractivity contribution in [3.8, 4) is 0 Å². The van der Waals surface area contributed by atoms with E-state index in [2.05, 4.69) is 15.3 Å². The maximum Gasteiger partial charge on any atom is 0.405 e. The number of hydrogen-bond donors (Lipinski definition) is 2. The molecule has 2 aromatic rings. The van der Waals surface area contributed by atoms with Crippen LogP contribution >= 0.6 is 0 Å². The molecule has 0 spiro atoms. The molecule has 0 aromatic carbocycles. The van der Waals surface area contributed by atoms with Gasteiger partial charge in [-0.25, -0.2) is 9.78 Å². The Labute approximate surface area is 97.3 Å². The fraction of sp³-hybridized carbons (Fsp3) is 0.364. The zero-order valence-electron chi connectivity index (χ0n) is 9.34. The zero-order chi connectivity index (χ0) is 12.0. The van der Waals surface area contributed by atoms with Crippen LogP contribution in [0.1, 0.15) is 18.7 Å². The summed E-state index contributed by atoms with van der Waals surface area (Å²) in [6.07, 6.45) is 4.01. The highest BCUT2D eigenvalue weighted by molar-refractivity contribution is 5.75. The van der Waals surface area contributed by atoms with Crippen LogP contribution in [0.25, 0.3) is 11.0 Å². The maximum absolute atomic E-state index is 10.8. The first-order valence-electron chi connectivity index (χ1n) is 5.40. The first-order valence-corrected chi connectivity index (χ1v) is 5.40. The van der Waals surface area contributed by atoms with E-state index in [1.54, 1.807) is 12.4 Å². The molecule has 0 bridgehead atoms. The van der Waals surface area contributed by atoms with E-state index in [1.807, 2.05) is 17.7 Å². The summed E-state index contributed by atoms with van der Waals surface area (Å²) >= 11 is 0. The van der Waals surface area contributed by atoms with E-state index >= 15 is 0 Å². The van der Waals surface area contributed by atoms with Gasteiger partial charge in [-0.3, -0.25) is 4.98 Å². The molecule has 88 valence electrons. The van der Waals surface area contributed by atoms with Crippen molar-refractivity contribution in [2.45, 2.75) is 18.4 Å². The van der Waals surface area contributed by atoms with Crippen molar-refractivity contribution in [2.24, 2.45) is 7.05 Å². The Balaban J connectivity index is 2.12. The lowest BCUT2D eigenvalue weighted by Gasteiger charge is -2.14. The standard InChI is InChI=1S/C11H12N4O2/c1-15-8-6-12-5-2-7(8)13-9(15)11(3-4-11)14-10(16)17/h2,5-6,14H,3-4H2,1H3,(H,16,17). The second-order valence-corrected chi connectivity index (χ2v) is 4.37. The number of hydrogen-bond acceptors (Lipinski definition) is 3. The second kappa shape index (κ2) is 3.19. The van der Waals surface area contributed by atoms with Crippen LogP contribution in [0.3, 0.4) is 0 Å². The summed E-state index contributed by atoms with van der Waals surface area (Å²) in [6, 6.07) is 1.83. The Morgan fingerprint density at radius 3 is 2.94 bits per heavy atom. The number of fused-ring (bicyclic) bond motifs is 1. The number of imidazole rings is 1. The molecule has 1 fully saturated rings. The van der Waals surface area contributed by atoms with Crippen LogP contribution in [0.4, 0.5) is 4.79 Å². The van der Waals surface area contributed by atoms with Crippen LogP contribution in [0.15, 0.2) is 18.5 Å². The van der Waals surface area contributed by atoms with Gasteiger partial charge in [-0.1, -0.05) is 0 Å². The second-order valence-electron chi connectivity index (χ2n) is 4.37. The summed E-state index contributed by atoms with van der Waals surface area (Å²) < 4.78 is 1.91. The summed E-state index contributed by atoms with van der Waals surface area (Å²) in [5.41, 5.74) is 1.26. The minimum Gasteiger partial charge on any atom is -0.465 e. The summed E-state index contributed by atoms with van der Waals surface area (Å²) in [7, 11) is 1.88. The van der Waals surface area contributed by atoms with Crippen molar-refractivity contribution in [2.75, 3.05) is 0 Å². The quantitative estimate of drug-likeness (QED) is 0.816. The third kappa shape index (κ3) is 1.44. The summed E-state index contributed by atoms with van der Waals surface area (Å²) in [5, 5.41) is 11.4. The highest BCUT2D eigenvalue weighted by atomic mass is 16.4. The molecule has 6 heteroatoms. The summed E-state index contributed by atoms with van der Waals surface area (Å²) in [5.74, 6) is 0.767. The highest BCUT2D eigenvalue weighted by Crippen LogP contribution is 2.45. The summed E-state index contributed by atoms with van der Waals surface area (Å²) in [4.78, 5) is 19.3. The van der Waals surface area contributed by atoms with Crippen LogP contribution in [0, 0.1) is 0 Å². The molecule has 17 heavy (non-hydrogen) atoms. The first kappa shape index (κ1) is 10.1. The topological polar surface area (TPSA) is 80.0 Å². The van der Waals surface area contributed by atoms with Crippen LogP contribution in [-0.2, 0) is 12.6 Å². The van der Waals surface area contributed by atoms with Gasteiger partial charge in [-0.2, -0.15) is 0 Å². The molecule has 2 aromatic heterocycles. The molecule has 1 amide bonds. The smallest absolute Gasteiger partial charge is 0.405 e. The third-order valence-electron chi connectivity index (χ3n) is 3.21. The number of amides is 1. The number of aryl methyl sites for hydroxylation is 1. The van der Waals surface area contributed by atoms with Gasteiger partial charge in [0, 0.05) is 13.2 Å². The van der Waals surface area contributed by atoms with Gasteiger partial charge >= 0.3 is 6.09 Å². The number of aromatic nitrogens is 3. The molecule has 6 nitrogen and oxygen atoms in total. The van der Waals surface area contributed by atoms with Crippen molar-refractivity contribution in [3.05, 3.63) is 24.3 Å². The first-order chi connectivity index (χ1) is 8.12. The average molecular weight is 232 g/mol. The Hall–Kier alpha value is -2.11. The molecule has 2 N–H and O–H groups in total. The van der Waals surface area contributed by atoms with Crippen molar-refractivity contribution in [3.63, 3.8) is 0 Å². The predicted molar refractivity (Wildman–Crippen MR) is 60.6 cm³/mol.